The summed E-state index contributed by atoms with van der Waals surface area (Å²) < 4.78 is 36.7. The summed E-state index contributed by atoms with van der Waals surface area (Å²) in [6.45, 7) is 1.64. The van der Waals surface area contributed by atoms with Gasteiger partial charge in [-0.1, -0.05) is 54.6 Å². The molecule has 2 heterocycles. The number of carboxylic acids is 1. The summed E-state index contributed by atoms with van der Waals surface area (Å²) in [5.41, 5.74) is 1.76. The Bertz CT molecular complexity index is 1140. The van der Waals surface area contributed by atoms with E-state index in [1.165, 1.54) is 14.2 Å². The molecule has 2 aliphatic heterocycles. The molecule has 0 radical (unpaired) electrons. The number of amides is 2. The molecule has 2 fully saturated rings. The average molecular weight is 492 g/mol. The van der Waals surface area contributed by atoms with E-state index in [0.29, 0.717) is 0 Å². The number of alkyl halides is 3. The first-order chi connectivity index (χ1) is 16.3. The van der Waals surface area contributed by atoms with E-state index >= 15 is 0 Å². The number of carboxylic acid groups (broad SMARTS) is 1. The molecule has 0 unspecified atom stereocenters. The summed E-state index contributed by atoms with van der Waals surface area (Å²) in [5.74, 6) is -5.33. The maximum atomic E-state index is 12.8. The molecule has 2 N–H and O–H groups in total. The molecule has 35 heavy (non-hydrogen) atoms. The van der Waals surface area contributed by atoms with Gasteiger partial charge in [-0.2, -0.15) is 13.2 Å². The first-order valence-electron chi connectivity index (χ1n) is 10.5. The number of carbonyl (C=O) groups is 4. The van der Waals surface area contributed by atoms with Crippen molar-refractivity contribution in [2.75, 3.05) is 14.2 Å². The number of fused-ring (bicyclic) bond motifs is 1. The second-order valence-electron chi connectivity index (χ2n) is 8.35. The summed E-state index contributed by atoms with van der Waals surface area (Å²) in [5, 5.41) is 10.4. The van der Waals surface area contributed by atoms with Gasteiger partial charge in [0.1, 0.15) is 5.54 Å². The van der Waals surface area contributed by atoms with Crippen LogP contribution in [0.1, 0.15) is 18.5 Å². The zero-order valence-electron chi connectivity index (χ0n) is 19.0. The number of benzene rings is 2. The fourth-order valence-corrected chi connectivity index (χ4v) is 4.48. The Morgan fingerprint density at radius 2 is 1.51 bits per heavy atom. The van der Waals surface area contributed by atoms with E-state index in [9.17, 15) is 27.6 Å². The lowest BCUT2D eigenvalue weighted by atomic mass is 9.80. The second-order valence-corrected chi connectivity index (χ2v) is 8.35. The lowest BCUT2D eigenvalue weighted by molar-refractivity contribution is -0.192. The topological polar surface area (TPSA) is 113 Å². The van der Waals surface area contributed by atoms with Crippen LogP contribution in [0.4, 0.5) is 13.2 Å². The number of methoxy groups -OCH3 is 1. The number of aliphatic carboxylic acids is 1. The van der Waals surface area contributed by atoms with E-state index in [1.807, 2.05) is 54.6 Å². The number of imide groups is 1. The number of halogens is 3. The molecule has 0 aromatic heterocycles. The highest BCUT2D eigenvalue weighted by Gasteiger charge is 2.66. The Hall–Kier alpha value is -3.73. The Kier molecular flexibility index (Phi) is 7.02. The van der Waals surface area contributed by atoms with Crippen molar-refractivity contribution in [1.82, 2.24) is 10.2 Å². The zero-order valence-corrected chi connectivity index (χ0v) is 19.0. The van der Waals surface area contributed by atoms with Crippen molar-refractivity contribution < 1.29 is 42.2 Å². The number of ether oxygens (including phenoxy) is 1. The van der Waals surface area contributed by atoms with E-state index < -0.39 is 41.5 Å². The SMILES string of the molecule is COC(=O)[C@]1(C)N[C@H](c2ccc(-c3ccccc3)cc2)[C@@H]2C(=O)N(C)C(=O)[C@@H]21.O=C(O)C(F)(F)F. The highest BCUT2D eigenvalue weighted by atomic mass is 19.4. The van der Waals surface area contributed by atoms with Gasteiger partial charge in [-0.25, -0.2) is 4.79 Å². The maximum absolute atomic E-state index is 12.8. The summed E-state index contributed by atoms with van der Waals surface area (Å²) in [4.78, 5) is 48.0. The van der Waals surface area contributed by atoms with Crippen molar-refractivity contribution in [3.05, 3.63) is 60.2 Å². The number of nitrogens with zero attached hydrogens (tertiary/aromatic N) is 1. The van der Waals surface area contributed by atoms with Crippen LogP contribution >= 0.6 is 0 Å². The van der Waals surface area contributed by atoms with E-state index in [4.69, 9.17) is 14.6 Å². The van der Waals surface area contributed by atoms with Crippen molar-refractivity contribution >= 4 is 23.8 Å². The third kappa shape index (κ3) is 4.76. The highest BCUT2D eigenvalue weighted by Crippen LogP contribution is 2.48. The van der Waals surface area contributed by atoms with Crippen LogP contribution in [-0.4, -0.2) is 59.6 Å². The zero-order chi connectivity index (χ0) is 26.1. The molecule has 11 heteroatoms. The first kappa shape index (κ1) is 25.9. The quantitative estimate of drug-likeness (QED) is 0.501. The monoisotopic (exact) mass is 492 g/mol. The molecular formula is C24H23F3N2O6. The van der Waals surface area contributed by atoms with Crippen LogP contribution in [0.15, 0.2) is 54.6 Å². The number of carbonyl (C=O) groups excluding carboxylic acids is 3. The van der Waals surface area contributed by atoms with Gasteiger partial charge in [-0.15, -0.1) is 0 Å². The van der Waals surface area contributed by atoms with Crippen molar-refractivity contribution in [2.45, 2.75) is 24.7 Å². The van der Waals surface area contributed by atoms with Crippen LogP contribution in [0.5, 0.6) is 0 Å². The van der Waals surface area contributed by atoms with Crippen molar-refractivity contribution in [2.24, 2.45) is 11.8 Å². The third-order valence-corrected chi connectivity index (χ3v) is 6.24. The molecule has 2 saturated heterocycles. The van der Waals surface area contributed by atoms with Gasteiger partial charge in [-0.3, -0.25) is 24.6 Å². The molecule has 0 aliphatic carbocycles. The Morgan fingerprint density at radius 3 is 2.00 bits per heavy atom. The Balaban J connectivity index is 0.000000429. The van der Waals surface area contributed by atoms with Gasteiger partial charge >= 0.3 is 18.1 Å². The second kappa shape index (κ2) is 9.49. The van der Waals surface area contributed by atoms with Crippen LogP contribution in [0.2, 0.25) is 0 Å². The average Bonchev–Trinajstić information content (AvgIpc) is 3.27. The first-order valence-corrected chi connectivity index (χ1v) is 10.5. The van der Waals surface area contributed by atoms with Gasteiger partial charge in [0, 0.05) is 13.1 Å². The summed E-state index contributed by atoms with van der Waals surface area (Å²) in [7, 11) is 2.76. The largest absolute Gasteiger partial charge is 0.490 e. The molecule has 2 aromatic carbocycles. The maximum Gasteiger partial charge on any atom is 0.490 e. The molecule has 2 aliphatic rings. The predicted molar refractivity (Wildman–Crippen MR) is 117 cm³/mol. The Labute approximate surface area is 198 Å². The van der Waals surface area contributed by atoms with Gasteiger partial charge in [0.2, 0.25) is 11.8 Å². The fourth-order valence-electron chi connectivity index (χ4n) is 4.48. The van der Waals surface area contributed by atoms with Crippen molar-refractivity contribution in [1.29, 1.82) is 0 Å². The third-order valence-electron chi connectivity index (χ3n) is 6.24. The van der Waals surface area contributed by atoms with E-state index in [2.05, 4.69) is 5.32 Å². The van der Waals surface area contributed by atoms with Gasteiger partial charge in [-0.05, 0) is 23.6 Å². The standard InChI is InChI=1S/C22H22N2O4.C2HF3O2/c1-22(21(27)28-3)17-16(19(25)24(2)20(17)26)18(23-22)15-11-9-14(10-12-15)13-7-5-4-6-8-13;3-2(4,5)1(6)7/h4-12,16-18,23H,1-3H3;(H,6,7)/t16-,17-,18-,22-;/m1./s1. The molecule has 0 saturated carbocycles. The molecular weight excluding hydrogens is 469 g/mol. The van der Waals surface area contributed by atoms with Gasteiger partial charge in [0.05, 0.1) is 18.9 Å². The van der Waals surface area contributed by atoms with Gasteiger partial charge in [0.15, 0.2) is 0 Å². The van der Waals surface area contributed by atoms with Crippen molar-refractivity contribution in [3.63, 3.8) is 0 Å². The normalized spacial score (nSPS) is 25.5. The summed E-state index contributed by atoms with van der Waals surface area (Å²) >= 11 is 0. The highest BCUT2D eigenvalue weighted by molar-refractivity contribution is 6.09. The van der Waals surface area contributed by atoms with Crippen LogP contribution in [0, 0.1) is 11.8 Å². The van der Waals surface area contributed by atoms with E-state index in [-0.39, 0.29) is 11.8 Å². The van der Waals surface area contributed by atoms with Gasteiger partial charge in [0.25, 0.3) is 0 Å². The minimum Gasteiger partial charge on any atom is -0.475 e. The molecule has 186 valence electrons. The summed E-state index contributed by atoms with van der Waals surface area (Å²) in [6.07, 6.45) is -5.08. The molecule has 2 amide bonds. The van der Waals surface area contributed by atoms with Crippen LogP contribution in [-0.2, 0) is 23.9 Å². The number of hydrogen-bond donors (Lipinski definition) is 2. The fraction of sp³-hybridized carbons (Fsp3) is 0.333. The predicted octanol–water partition coefficient (Wildman–Crippen LogP) is 2.79. The van der Waals surface area contributed by atoms with Crippen LogP contribution in [0.25, 0.3) is 11.1 Å². The molecule has 0 spiro atoms. The lowest BCUT2D eigenvalue weighted by Crippen LogP contribution is -2.53. The molecule has 4 rings (SSSR count). The molecule has 8 nitrogen and oxygen atoms in total. The molecule has 2 aromatic rings. The lowest BCUT2D eigenvalue weighted by Gasteiger charge is -2.27. The smallest absolute Gasteiger partial charge is 0.475 e. The number of hydrogen-bond acceptors (Lipinski definition) is 6. The van der Waals surface area contributed by atoms with Crippen molar-refractivity contribution in [3.8, 4) is 11.1 Å². The number of esters is 1. The van der Waals surface area contributed by atoms with E-state index in [1.54, 1.807) is 6.92 Å². The van der Waals surface area contributed by atoms with Crippen LogP contribution in [0.3, 0.4) is 0 Å². The molecule has 0 bridgehead atoms. The summed E-state index contributed by atoms with van der Waals surface area (Å²) in [6, 6.07) is 17.4. The minimum absolute atomic E-state index is 0.271. The Morgan fingerprint density at radius 1 is 1.00 bits per heavy atom. The van der Waals surface area contributed by atoms with E-state index in [0.717, 1.165) is 21.6 Å². The number of nitrogens with one attached hydrogen (secondary N) is 1. The van der Waals surface area contributed by atoms with Gasteiger partial charge < -0.3 is 9.84 Å². The van der Waals surface area contributed by atoms with Crippen LogP contribution < -0.4 is 5.32 Å². The number of rotatable bonds is 3. The number of likely N-dealkylation sites (tertiary alicyclic amines) is 1. The minimum atomic E-state index is -5.08. The molecule has 4 atom stereocenters.